The van der Waals surface area contributed by atoms with Crippen molar-refractivity contribution < 1.29 is 4.74 Å². The normalized spacial score (nSPS) is 10.3. The number of hydrogen-bond donors (Lipinski definition) is 0. The van der Waals surface area contributed by atoms with Crippen LogP contribution in [0.1, 0.15) is 19.4 Å². The summed E-state index contributed by atoms with van der Waals surface area (Å²) in [5, 5.41) is 19.9. The molecule has 0 radical (unpaired) electrons. The molecule has 0 spiro atoms. The first-order valence-corrected chi connectivity index (χ1v) is 5.61. The van der Waals surface area contributed by atoms with E-state index in [0.717, 1.165) is 0 Å². The molecule has 1 aromatic carbocycles. The van der Waals surface area contributed by atoms with Crippen molar-refractivity contribution in [2.24, 2.45) is 5.92 Å². The zero-order valence-corrected chi connectivity index (χ0v) is 10.2. The standard InChI is InChI=1S/C12H13N5O/c1-9(2)7-18-12-4-3-10(6-13)5-11(12)17-8-14-15-16-17/h3-5,8-9H,7H2,1-2H3. The molecule has 0 aliphatic rings. The second kappa shape index (κ2) is 5.27. The first kappa shape index (κ1) is 12.0. The first-order valence-electron chi connectivity index (χ1n) is 5.61. The lowest BCUT2D eigenvalue weighted by Gasteiger charge is -2.12. The second-order valence-corrected chi connectivity index (χ2v) is 4.25. The molecule has 0 fully saturated rings. The molecule has 0 saturated carbocycles. The molecule has 1 aromatic heterocycles. The first-order chi connectivity index (χ1) is 8.70. The van der Waals surface area contributed by atoms with Crippen molar-refractivity contribution in [3.63, 3.8) is 0 Å². The average Bonchev–Trinajstić information content (AvgIpc) is 2.89. The summed E-state index contributed by atoms with van der Waals surface area (Å²) in [6, 6.07) is 7.26. The Morgan fingerprint density at radius 3 is 2.89 bits per heavy atom. The van der Waals surface area contributed by atoms with Gasteiger partial charge in [0.15, 0.2) is 0 Å². The van der Waals surface area contributed by atoms with Crippen LogP contribution in [0.3, 0.4) is 0 Å². The zero-order valence-electron chi connectivity index (χ0n) is 10.2. The Bertz CT molecular complexity index is 556. The second-order valence-electron chi connectivity index (χ2n) is 4.25. The van der Waals surface area contributed by atoms with Gasteiger partial charge in [-0.15, -0.1) is 5.10 Å². The van der Waals surface area contributed by atoms with E-state index in [0.29, 0.717) is 29.5 Å². The lowest BCUT2D eigenvalue weighted by Crippen LogP contribution is -2.07. The maximum Gasteiger partial charge on any atom is 0.145 e. The maximum absolute atomic E-state index is 8.92. The molecule has 0 atom stereocenters. The van der Waals surface area contributed by atoms with Crippen molar-refractivity contribution in [3.05, 3.63) is 30.1 Å². The minimum absolute atomic E-state index is 0.419. The molecule has 1 heterocycles. The molecule has 0 bridgehead atoms. The van der Waals surface area contributed by atoms with Crippen LogP contribution in [0.2, 0.25) is 0 Å². The topological polar surface area (TPSA) is 76.6 Å². The summed E-state index contributed by atoms with van der Waals surface area (Å²) in [6.45, 7) is 4.74. The smallest absolute Gasteiger partial charge is 0.145 e. The van der Waals surface area contributed by atoms with E-state index >= 15 is 0 Å². The van der Waals surface area contributed by atoms with E-state index in [-0.39, 0.29) is 0 Å². The van der Waals surface area contributed by atoms with Crippen LogP contribution >= 0.6 is 0 Å². The number of nitrogens with zero attached hydrogens (tertiary/aromatic N) is 5. The molecule has 92 valence electrons. The Morgan fingerprint density at radius 2 is 2.28 bits per heavy atom. The lowest BCUT2D eigenvalue weighted by atomic mass is 10.2. The summed E-state index contributed by atoms with van der Waals surface area (Å²) >= 11 is 0. The molecule has 0 amide bonds. The molecule has 6 heteroatoms. The Balaban J connectivity index is 2.37. The summed E-state index contributed by atoms with van der Waals surface area (Å²) in [4.78, 5) is 0. The number of nitriles is 1. The highest BCUT2D eigenvalue weighted by Gasteiger charge is 2.09. The Kier molecular flexibility index (Phi) is 3.53. The highest BCUT2D eigenvalue weighted by molar-refractivity contribution is 5.51. The van der Waals surface area contributed by atoms with Crippen molar-refractivity contribution in [2.75, 3.05) is 6.61 Å². The Morgan fingerprint density at radius 1 is 1.44 bits per heavy atom. The third-order valence-corrected chi connectivity index (χ3v) is 2.26. The van der Waals surface area contributed by atoms with Crippen LogP contribution in [-0.2, 0) is 0 Å². The van der Waals surface area contributed by atoms with Crippen LogP contribution in [0.5, 0.6) is 5.75 Å². The van der Waals surface area contributed by atoms with Crippen molar-refractivity contribution >= 4 is 0 Å². The van der Waals surface area contributed by atoms with Crippen molar-refractivity contribution in [1.82, 2.24) is 20.2 Å². The molecule has 0 saturated heterocycles. The lowest BCUT2D eigenvalue weighted by molar-refractivity contribution is 0.270. The van der Waals surface area contributed by atoms with Crippen LogP contribution in [-0.4, -0.2) is 26.8 Å². The number of rotatable bonds is 4. The van der Waals surface area contributed by atoms with Gasteiger partial charge in [-0.05, 0) is 34.5 Å². The fourth-order valence-corrected chi connectivity index (χ4v) is 1.42. The van der Waals surface area contributed by atoms with Gasteiger partial charge in [0.2, 0.25) is 0 Å². The molecule has 0 aliphatic heterocycles. The number of ether oxygens (including phenoxy) is 1. The minimum atomic E-state index is 0.419. The summed E-state index contributed by atoms with van der Waals surface area (Å²) in [5.74, 6) is 1.08. The van der Waals surface area contributed by atoms with E-state index in [1.807, 2.05) is 0 Å². The van der Waals surface area contributed by atoms with Gasteiger partial charge < -0.3 is 4.74 Å². The van der Waals surface area contributed by atoms with Gasteiger partial charge in [0.1, 0.15) is 17.8 Å². The Labute approximate surface area is 105 Å². The highest BCUT2D eigenvalue weighted by Crippen LogP contribution is 2.23. The van der Waals surface area contributed by atoms with E-state index in [4.69, 9.17) is 10.00 Å². The van der Waals surface area contributed by atoms with E-state index in [1.165, 1.54) is 11.0 Å². The Hall–Kier alpha value is -2.42. The van der Waals surface area contributed by atoms with Gasteiger partial charge in [0, 0.05) is 0 Å². The summed E-state index contributed by atoms with van der Waals surface area (Å²) in [7, 11) is 0. The summed E-state index contributed by atoms with van der Waals surface area (Å²) < 4.78 is 7.18. The third-order valence-electron chi connectivity index (χ3n) is 2.26. The largest absolute Gasteiger partial charge is 0.491 e. The predicted molar refractivity (Wildman–Crippen MR) is 64.2 cm³/mol. The molecule has 2 rings (SSSR count). The van der Waals surface area contributed by atoms with Crippen LogP contribution in [0.25, 0.3) is 5.69 Å². The number of benzene rings is 1. The molecule has 18 heavy (non-hydrogen) atoms. The molecular weight excluding hydrogens is 230 g/mol. The van der Waals surface area contributed by atoms with Crippen molar-refractivity contribution in [1.29, 1.82) is 5.26 Å². The van der Waals surface area contributed by atoms with Crippen LogP contribution in [0.15, 0.2) is 24.5 Å². The van der Waals surface area contributed by atoms with Gasteiger partial charge >= 0.3 is 0 Å². The molecule has 2 aromatic rings. The number of aromatic nitrogens is 4. The van der Waals surface area contributed by atoms with Crippen molar-refractivity contribution in [2.45, 2.75) is 13.8 Å². The monoisotopic (exact) mass is 243 g/mol. The van der Waals surface area contributed by atoms with Crippen LogP contribution < -0.4 is 4.74 Å². The summed E-state index contributed by atoms with van der Waals surface area (Å²) in [5.41, 5.74) is 1.21. The minimum Gasteiger partial charge on any atom is -0.491 e. The predicted octanol–water partition coefficient (Wildman–Crippen LogP) is 1.57. The zero-order chi connectivity index (χ0) is 13.0. The quantitative estimate of drug-likeness (QED) is 0.814. The molecular formula is C12H13N5O. The van der Waals surface area contributed by atoms with E-state index in [2.05, 4.69) is 35.4 Å². The molecule has 0 aliphatic carbocycles. The molecule has 0 N–H and O–H groups in total. The third kappa shape index (κ3) is 2.63. The maximum atomic E-state index is 8.92. The van der Waals surface area contributed by atoms with Crippen LogP contribution in [0.4, 0.5) is 0 Å². The van der Waals surface area contributed by atoms with Gasteiger partial charge in [0.25, 0.3) is 0 Å². The number of hydrogen-bond acceptors (Lipinski definition) is 5. The van der Waals surface area contributed by atoms with Gasteiger partial charge in [-0.1, -0.05) is 13.8 Å². The van der Waals surface area contributed by atoms with Gasteiger partial charge in [0.05, 0.1) is 18.2 Å². The van der Waals surface area contributed by atoms with E-state index < -0.39 is 0 Å². The molecule has 6 nitrogen and oxygen atoms in total. The van der Waals surface area contributed by atoms with Crippen LogP contribution in [0, 0.1) is 17.2 Å². The van der Waals surface area contributed by atoms with Gasteiger partial charge in [-0.3, -0.25) is 0 Å². The van der Waals surface area contributed by atoms with E-state index in [1.54, 1.807) is 18.2 Å². The highest BCUT2D eigenvalue weighted by atomic mass is 16.5. The van der Waals surface area contributed by atoms with E-state index in [9.17, 15) is 0 Å². The van der Waals surface area contributed by atoms with Crippen molar-refractivity contribution in [3.8, 4) is 17.5 Å². The molecule has 0 unspecified atom stereocenters. The number of tetrazole rings is 1. The van der Waals surface area contributed by atoms with Gasteiger partial charge in [-0.25, -0.2) is 0 Å². The fraction of sp³-hybridized carbons (Fsp3) is 0.333. The SMILES string of the molecule is CC(C)COc1ccc(C#N)cc1-n1cnnn1. The average molecular weight is 243 g/mol. The van der Waals surface area contributed by atoms with Gasteiger partial charge in [-0.2, -0.15) is 9.94 Å². The fourth-order valence-electron chi connectivity index (χ4n) is 1.42. The summed E-state index contributed by atoms with van der Waals surface area (Å²) in [6.07, 6.45) is 1.47.